The van der Waals surface area contributed by atoms with Crippen LogP contribution >= 0.6 is 0 Å². The van der Waals surface area contributed by atoms with Gasteiger partial charge in [0.15, 0.2) is 0 Å². The molecular formula is C33H48N4O5. The van der Waals surface area contributed by atoms with Gasteiger partial charge in [-0.3, -0.25) is 14.4 Å². The molecule has 0 aliphatic heterocycles. The van der Waals surface area contributed by atoms with Crippen LogP contribution in [0.1, 0.15) is 102 Å². The van der Waals surface area contributed by atoms with Crippen LogP contribution in [0.5, 0.6) is 5.75 Å². The first-order valence-electron chi connectivity index (χ1n) is 15.3. The Labute approximate surface area is 250 Å². The van der Waals surface area contributed by atoms with E-state index >= 15 is 0 Å². The third-order valence-corrected chi connectivity index (χ3v) is 7.91. The highest BCUT2D eigenvalue weighted by Gasteiger charge is 2.27. The van der Waals surface area contributed by atoms with E-state index in [4.69, 9.17) is 10.5 Å². The standard InChI is InChI=1S/C33H48N4O5/c1-4-14-37(15-5-2)33(41)27-19-25(31(34)39)18-26(20-27)32(40)36-29(17-23-10-7-6-8-11-23)30(38)22-35-21-24-12-9-13-28(16-24)42-3/h9,12-13,16,18-20,23,29-30,35,38H,4-8,10-11,14-15,17,21-22H2,1-3H3,(H2,34,39)(H,36,40)/t29-,30+/m0/s1. The van der Waals surface area contributed by atoms with Crippen molar-refractivity contribution in [1.82, 2.24) is 15.5 Å². The minimum atomic E-state index is -0.841. The number of nitrogens with two attached hydrogens (primary N) is 1. The van der Waals surface area contributed by atoms with Gasteiger partial charge < -0.3 is 31.1 Å². The molecule has 0 aromatic heterocycles. The van der Waals surface area contributed by atoms with Crippen molar-refractivity contribution in [1.29, 1.82) is 0 Å². The number of ether oxygens (including phenoxy) is 1. The quantitative estimate of drug-likeness (QED) is 0.234. The topological polar surface area (TPSA) is 134 Å². The highest BCUT2D eigenvalue weighted by atomic mass is 16.5. The molecule has 230 valence electrons. The van der Waals surface area contributed by atoms with Crippen LogP contribution in [0.3, 0.4) is 0 Å². The zero-order chi connectivity index (χ0) is 30.5. The largest absolute Gasteiger partial charge is 0.497 e. The zero-order valence-corrected chi connectivity index (χ0v) is 25.4. The van der Waals surface area contributed by atoms with E-state index in [-0.39, 0.29) is 29.1 Å². The van der Waals surface area contributed by atoms with Crippen molar-refractivity contribution in [2.45, 2.75) is 83.9 Å². The van der Waals surface area contributed by atoms with Gasteiger partial charge in [0, 0.05) is 42.9 Å². The summed E-state index contributed by atoms with van der Waals surface area (Å²) in [5.74, 6) is -0.228. The third-order valence-electron chi connectivity index (χ3n) is 7.91. The van der Waals surface area contributed by atoms with E-state index in [1.807, 2.05) is 38.1 Å². The lowest BCUT2D eigenvalue weighted by atomic mass is 9.83. The minimum absolute atomic E-state index is 0.100. The number of nitrogens with zero attached hydrogens (tertiary/aromatic N) is 1. The summed E-state index contributed by atoms with van der Waals surface area (Å²) in [5.41, 5.74) is 7.14. The summed E-state index contributed by atoms with van der Waals surface area (Å²) in [6.07, 6.45) is 7.03. The zero-order valence-electron chi connectivity index (χ0n) is 25.4. The fourth-order valence-electron chi connectivity index (χ4n) is 5.70. The third kappa shape index (κ3) is 9.84. The molecule has 0 saturated heterocycles. The fraction of sp³-hybridized carbons (Fsp3) is 0.545. The first-order valence-corrected chi connectivity index (χ1v) is 15.3. The number of hydrogen-bond donors (Lipinski definition) is 4. The maximum absolute atomic E-state index is 13.6. The molecule has 1 fully saturated rings. The van der Waals surface area contributed by atoms with Crippen molar-refractivity contribution in [3.63, 3.8) is 0 Å². The van der Waals surface area contributed by atoms with Crippen LogP contribution in [0.4, 0.5) is 0 Å². The lowest BCUT2D eigenvalue weighted by molar-refractivity contribution is 0.0755. The molecule has 0 spiro atoms. The summed E-state index contributed by atoms with van der Waals surface area (Å²) < 4.78 is 5.30. The number of carbonyl (C=O) groups is 3. The molecule has 0 radical (unpaired) electrons. The van der Waals surface area contributed by atoms with Crippen LogP contribution in [0, 0.1) is 5.92 Å². The minimum Gasteiger partial charge on any atom is -0.497 e. The van der Waals surface area contributed by atoms with E-state index in [1.54, 1.807) is 12.0 Å². The Balaban J connectivity index is 1.79. The molecule has 9 heteroatoms. The second kappa shape index (κ2) is 16.9. The Morgan fingerprint density at radius 2 is 1.67 bits per heavy atom. The van der Waals surface area contributed by atoms with E-state index in [0.29, 0.717) is 32.0 Å². The maximum atomic E-state index is 13.6. The summed E-state index contributed by atoms with van der Waals surface area (Å²) in [6, 6.07) is 11.6. The Morgan fingerprint density at radius 1 is 1.00 bits per heavy atom. The Hall–Kier alpha value is -3.43. The van der Waals surface area contributed by atoms with Gasteiger partial charge in [0.1, 0.15) is 5.75 Å². The number of methoxy groups -OCH3 is 1. The Kier molecular flexibility index (Phi) is 13.3. The van der Waals surface area contributed by atoms with Gasteiger partial charge >= 0.3 is 0 Å². The number of hydrogen-bond acceptors (Lipinski definition) is 6. The molecule has 1 aliphatic rings. The molecule has 2 aromatic rings. The summed E-state index contributed by atoms with van der Waals surface area (Å²) in [4.78, 5) is 40.8. The van der Waals surface area contributed by atoms with Crippen molar-refractivity contribution < 1.29 is 24.2 Å². The van der Waals surface area contributed by atoms with Crippen LogP contribution in [0.2, 0.25) is 0 Å². The number of amides is 3. The number of benzene rings is 2. The van der Waals surface area contributed by atoms with E-state index < -0.39 is 24.0 Å². The summed E-state index contributed by atoms with van der Waals surface area (Å²) in [5, 5.41) is 17.6. The lowest BCUT2D eigenvalue weighted by Crippen LogP contribution is -2.48. The van der Waals surface area contributed by atoms with E-state index in [2.05, 4.69) is 10.6 Å². The van der Waals surface area contributed by atoms with Gasteiger partial charge in [0.2, 0.25) is 5.91 Å². The van der Waals surface area contributed by atoms with Gasteiger partial charge in [-0.15, -0.1) is 0 Å². The lowest BCUT2D eigenvalue weighted by Gasteiger charge is -2.30. The highest BCUT2D eigenvalue weighted by molar-refractivity contribution is 6.04. The van der Waals surface area contributed by atoms with E-state index in [0.717, 1.165) is 49.8 Å². The Bertz CT molecular complexity index is 1170. The fourth-order valence-corrected chi connectivity index (χ4v) is 5.70. The second-order valence-electron chi connectivity index (χ2n) is 11.3. The molecule has 1 saturated carbocycles. The molecule has 0 unspecified atom stereocenters. The second-order valence-corrected chi connectivity index (χ2v) is 11.3. The monoisotopic (exact) mass is 580 g/mol. The average Bonchev–Trinajstić information content (AvgIpc) is 3.00. The van der Waals surface area contributed by atoms with Crippen LogP contribution in [0.15, 0.2) is 42.5 Å². The van der Waals surface area contributed by atoms with Gasteiger partial charge in [-0.05, 0) is 61.1 Å². The predicted octanol–water partition coefficient (Wildman–Crippen LogP) is 4.28. The molecule has 2 atom stereocenters. The molecule has 9 nitrogen and oxygen atoms in total. The maximum Gasteiger partial charge on any atom is 0.253 e. The predicted molar refractivity (Wildman–Crippen MR) is 165 cm³/mol. The number of rotatable bonds is 16. The molecule has 5 N–H and O–H groups in total. The molecule has 0 heterocycles. The number of primary amides is 1. The van der Waals surface area contributed by atoms with Gasteiger partial charge in [-0.2, -0.15) is 0 Å². The van der Waals surface area contributed by atoms with Crippen molar-refractivity contribution in [3.05, 3.63) is 64.7 Å². The van der Waals surface area contributed by atoms with Crippen molar-refractivity contribution in [2.75, 3.05) is 26.7 Å². The number of aliphatic hydroxyl groups is 1. The van der Waals surface area contributed by atoms with Crippen LogP contribution in [-0.4, -0.2) is 66.6 Å². The van der Waals surface area contributed by atoms with Crippen LogP contribution < -0.4 is 21.1 Å². The number of aliphatic hydroxyl groups excluding tert-OH is 1. The van der Waals surface area contributed by atoms with Gasteiger partial charge in [0.05, 0.1) is 19.3 Å². The SMILES string of the molecule is CCCN(CCC)C(=O)c1cc(C(N)=O)cc(C(=O)N[C@@H](CC2CCCCC2)[C@H](O)CNCc2cccc(OC)c2)c1. The molecular weight excluding hydrogens is 532 g/mol. The smallest absolute Gasteiger partial charge is 0.253 e. The van der Waals surface area contributed by atoms with Crippen LogP contribution in [0.25, 0.3) is 0 Å². The van der Waals surface area contributed by atoms with Crippen molar-refractivity contribution in [3.8, 4) is 5.75 Å². The van der Waals surface area contributed by atoms with E-state index in [9.17, 15) is 19.5 Å². The normalized spacial score (nSPS) is 15.0. The first-order chi connectivity index (χ1) is 20.2. The van der Waals surface area contributed by atoms with Crippen molar-refractivity contribution in [2.24, 2.45) is 11.7 Å². The summed E-state index contributed by atoms with van der Waals surface area (Å²) in [7, 11) is 1.62. The van der Waals surface area contributed by atoms with Gasteiger partial charge in [0.25, 0.3) is 11.8 Å². The molecule has 3 amide bonds. The number of nitrogens with one attached hydrogen (secondary N) is 2. The van der Waals surface area contributed by atoms with Crippen molar-refractivity contribution >= 4 is 17.7 Å². The molecule has 42 heavy (non-hydrogen) atoms. The van der Waals surface area contributed by atoms with E-state index in [1.165, 1.54) is 24.6 Å². The van der Waals surface area contributed by atoms with Gasteiger partial charge in [-0.1, -0.05) is 58.1 Å². The van der Waals surface area contributed by atoms with Crippen LogP contribution in [-0.2, 0) is 6.54 Å². The first kappa shape index (κ1) is 33.1. The Morgan fingerprint density at radius 3 is 2.31 bits per heavy atom. The molecule has 3 rings (SSSR count). The summed E-state index contributed by atoms with van der Waals surface area (Å²) in [6.45, 7) is 5.97. The molecule has 0 bridgehead atoms. The summed E-state index contributed by atoms with van der Waals surface area (Å²) >= 11 is 0. The average molecular weight is 581 g/mol. The molecule has 1 aliphatic carbocycles. The highest BCUT2D eigenvalue weighted by Crippen LogP contribution is 2.28. The van der Waals surface area contributed by atoms with Gasteiger partial charge in [-0.25, -0.2) is 0 Å². The number of carbonyl (C=O) groups excluding carboxylic acids is 3. The molecule has 2 aromatic carbocycles.